The van der Waals surface area contributed by atoms with Crippen LogP contribution in [-0.4, -0.2) is 22.7 Å². The molecule has 1 heterocycles. The minimum Gasteiger partial charge on any atom is -0.457 e. The molecule has 2 aromatic rings. The Labute approximate surface area is 158 Å². The van der Waals surface area contributed by atoms with E-state index in [0.717, 1.165) is 28.2 Å². The number of hydrogen-bond acceptors (Lipinski definition) is 5. The third-order valence-corrected chi connectivity index (χ3v) is 3.81. The summed E-state index contributed by atoms with van der Waals surface area (Å²) < 4.78 is 11.5. The summed E-state index contributed by atoms with van der Waals surface area (Å²) in [5.41, 5.74) is 2.80. The van der Waals surface area contributed by atoms with E-state index in [-0.39, 0.29) is 12.2 Å². The standard InChI is InChI=1S/C20H23NO3.CO2/c1-14-7-5-9-16(11-14)23-18-10-6-8-15-12-21(13-17(15)18)19(22)24-20(2,3)4;2-1-3/h5-11H,12-13H2,1-4H3;. The third-order valence-electron chi connectivity index (χ3n) is 3.81. The van der Waals surface area contributed by atoms with Crippen LogP contribution in [0.1, 0.15) is 37.5 Å². The molecule has 6 nitrogen and oxygen atoms in total. The maximum absolute atomic E-state index is 12.3. The lowest BCUT2D eigenvalue weighted by molar-refractivity contribution is -0.191. The average molecular weight is 369 g/mol. The van der Waals surface area contributed by atoms with Crippen molar-refractivity contribution in [1.82, 2.24) is 4.90 Å². The van der Waals surface area contributed by atoms with E-state index in [9.17, 15) is 4.79 Å². The Bertz CT molecular complexity index is 848. The van der Waals surface area contributed by atoms with Gasteiger partial charge in [0.05, 0.1) is 6.54 Å². The van der Waals surface area contributed by atoms with Gasteiger partial charge >= 0.3 is 12.2 Å². The predicted molar refractivity (Wildman–Crippen MR) is 98.2 cm³/mol. The fraction of sp³-hybridized carbons (Fsp3) is 0.333. The van der Waals surface area contributed by atoms with Gasteiger partial charge in [-0.1, -0.05) is 24.3 Å². The zero-order valence-corrected chi connectivity index (χ0v) is 15.9. The van der Waals surface area contributed by atoms with Gasteiger partial charge in [-0.2, -0.15) is 9.59 Å². The molecule has 0 aliphatic carbocycles. The molecule has 1 aliphatic rings. The number of rotatable bonds is 2. The van der Waals surface area contributed by atoms with E-state index < -0.39 is 5.60 Å². The van der Waals surface area contributed by atoms with Crippen LogP contribution in [0.25, 0.3) is 0 Å². The molecule has 6 heteroatoms. The minimum atomic E-state index is -0.493. The first kappa shape index (κ1) is 20.2. The van der Waals surface area contributed by atoms with E-state index in [1.54, 1.807) is 4.90 Å². The Morgan fingerprint density at radius 3 is 2.37 bits per heavy atom. The first-order valence-electron chi connectivity index (χ1n) is 8.56. The molecule has 142 valence electrons. The molecule has 0 aromatic heterocycles. The van der Waals surface area contributed by atoms with Gasteiger partial charge in [0.1, 0.15) is 17.1 Å². The minimum absolute atomic E-state index is 0.250. The van der Waals surface area contributed by atoms with Crippen molar-refractivity contribution in [2.45, 2.75) is 46.4 Å². The molecule has 0 N–H and O–H groups in total. The monoisotopic (exact) mass is 369 g/mol. The maximum atomic E-state index is 12.3. The van der Waals surface area contributed by atoms with E-state index in [1.165, 1.54) is 0 Å². The van der Waals surface area contributed by atoms with Crippen LogP contribution in [0.15, 0.2) is 42.5 Å². The molecule has 0 saturated heterocycles. The molecule has 3 rings (SSSR count). The van der Waals surface area contributed by atoms with Crippen LogP contribution < -0.4 is 4.74 Å². The molecule has 0 atom stereocenters. The molecule has 2 aromatic carbocycles. The molecule has 0 fully saturated rings. The number of carbonyl (C=O) groups is 1. The van der Waals surface area contributed by atoms with Crippen molar-refractivity contribution in [3.8, 4) is 11.5 Å². The van der Waals surface area contributed by atoms with Gasteiger partial charge in [-0.15, -0.1) is 0 Å². The van der Waals surface area contributed by atoms with Gasteiger partial charge < -0.3 is 9.47 Å². The summed E-state index contributed by atoms with van der Waals surface area (Å²) in [6.45, 7) is 8.72. The lowest BCUT2D eigenvalue weighted by Crippen LogP contribution is -2.33. The quantitative estimate of drug-likeness (QED) is 0.782. The Kier molecular flexibility index (Phi) is 6.37. The van der Waals surface area contributed by atoms with Gasteiger partial charge in [0.2, 0.25) is 0 Å². The summed E-state index contributed by atoms with van der Waals surface area (Å²) in [5.74, 6) is 1.60. The molecule has 27 heavy (non-hydrogen) atoms. The van der Waals surface area contributed by atoms with E-state index in [2.05, 4.69) is 0 Å². The number of carbonyl (C=O) groups excluding carboxylic acids is 3. The van der Waals surface area contributed by atoms with Crippen molar-refractivity contribution in [2.75, 3.05) is 0 Å². The number of aryl methyl sites for hydroxylation is 1. The summed E-state index contributed by atoms with van der Waals surface area (Å²) in [6.07, 6.45) is -0.0415. The highest BCUT2D eigenvalue weighted by molar-refractivity contribution is 5.70. The molecule has 0 saturated carbocycles. The van der Waals surface area contributed by atoms with Crippen molar-refractivity contribution < 1.29 is 23.9 Å². The van der Waals surface area contributed by atoms with Crippen molar-refractivity contribution in [3.63, 3.8) is 0 Å². The zero-order valence-electron chi connectivity index (χ0n) is 15.9. The number of fused-ring (bicyclic) bond motifs is 1. The Balaban J connectivity index is 0.000000817. The largest absolute Gasteiger partial charge is 0.457 e. The Hall–Kier alpha value is -3.11. The topological polar surface area (TPSA) is 72.9 Å². The molecule has 1 amide bonds. The van der Waals surface area contributed by atoms with Gasteiger partial charge in [0, 0.05) is 12.1 Å². The van der Waals surface area contributed by atoms with Crippen LogP contribution in [0.3, 0.4) is 0 Å². The zero-order chi connectivity index (χ0) is 20.0. The van der Waals surface area contributed by atoms with Crippen LogP contribution in [0.5, 0.6) is 11.5 Å². The van der Waals surface area contributed by atoms with Gasteiger partial charge in [0.15, 0.2) is 0 Å². The second-order valence-electron chi connectivity index (χ2n) is 7.23. The molecular formula is C21H23NO5. The van der Waals surface area contributed by atoms with Crippen molar-refractivity contribution in [2.24, 2.45) is 0 Å². The van der Waals surface area contributed by atoms with Crippen LogP contribution >= 0.6 is 0 Å². The number of benzene rings is 2. The number of nitrogens with zero attached hydrogens (tertiary/aromatic N) is 1. The van der Waals surface area contributed by atoms with Crippen LogP contribution in [0.2, 0.25) is 0 Å². The number of ether oxygens (including phenoxy) is 2. The van der Waals surface area contributed by atoms with Crippen LogP contribution in [-0.2, 0) is 27.4 Å². The SMILES string of the molecule is Cc1cccc(Oc2cccc3c2CN(C(=O)OC(C)(C)C)C3)c1.O=C=O. The fourth-order valence-electron chi connectivity index (χ4n) is 2.75. The lowest BCUT2D eigenvalue weighted by Gasteiger charge is -2.24. The third kappa shape index (κ3) is 5.69. The molecule has 0 radical (unpaired) electrons. The van der Waals surface area contributed by atoms with Gasteiger partial charge in [0.25, 0.3) is 0 Å². The normalized spacial score (nSPS) is 12.4. The summed E-state index contributed by atoms with van der Waals surface area (Å²) in [6, 6.07) is 13.9. The summed E-state index contributed by atoms with van der Waals surface area (Å²) in [4.78, 5) is 30.3. The Morgan fingerprint density at radius 2 is 1.74 bits per heavy atom. The van der Waals surface area contributed by atoms with Gasteiger partial charge in [-0.3, -0.25) is 4.90 Å². The molecule has 0 spiro atoms. The van der Waals surface area contributed by atoms with Gasteiger partial charge in [-0.05, 0) is 57.0 Å². The van der Waals surface area contributed by atoms with E-state index in [1.807, 2.05) is 70.2 Å². The fourth-order valence-corrected chi connectivity index (χ4v) is 2.75. The second-order valence-corrected chi connectivity index (χ2v) is 7.23. The average Bonchev–Trinajstić information content (AvgIpc) is 3.00. The van der Waals surface area contributed by atoms with Crippen LogP contribution in [0, 0.1) is 6.92 Å². The first-order valence-corrected chi connectivity index (χ1v) is 8.56. The van der Waals surface area contributed by atoms with E-state index in [4.69, 9.17) is 19.1 Å². The predicted octanol–water partition coefficient (Wildman–Crippen LogP) is 4.45. The maximum Gasteiger partial charge on any atom is 0.410 e. The van der Waals surface area contributed by atoms with Crippen molar-refractivity contribution in [3.05, 3.63) is 59.2 Å². The van der Waals surface area contributed by atoms with Crippen molar-refractivity contribution >= 4 is 12.2 Å². The highest BCUT2D eigenvalue weighted by atomic mass is 16.6. The molecule has 1 aliphatic heterocycles. The number of hydrogen-bond donors (Lipinski definition) is 0. The van der Waals surface area contributed by atoms with E-state index >= 15 is 0 Å². The second kappa shape index (κ2) is 8.52. The highest BCUT2D eigenvalue weighted by Gasteiger charge is 2.29. The van der Waals surface area contributed by atoms with Crippen molar-refractivity contribution in [1.29, 1.82) is 0 Å². The molecule has 0 bridgehead atoms. The smallest absolute Gasteiger partial charge is 0.410 e. The number of amides is 1. The molecule has 0 unspecified atom stereocenters. The lowest BCUT2D eigenvalue weighted by atomic mass is 10.1. The summed E-state index contributed by atoms with van der Waals surface area (Å²) >= 11 is 0. The summed E-state index contributed by atoms with van der Waals surface area (Å²) in [5, 5.41) is 0. The van der Waals surface area contributed by atoms with E-state index in [0.29, 0.717) is 13.1 Å². The highest BCUT2D eigenvalue weighted by Crippen LogP contribution is 2.34. The van der Waals surface area contributed by atoms with Crippen LogP contribution in [0.4, 0.5) is 4.79 Å². The summed E-state index contributed by atoms with van der Waals surface area (Å²) in [7, 11) is 0. The Morgan fingerprint density at radius 1 is 1.07 bits per heavy atom. The van der Waals surface area contributed by atoms with Gasteiger partial charge in [-0.25, -0.2) is 4.79 Å². The molecular weight excluding hydrogens is 346 g/mol. The first-order chi connectivity index (χ1) is 12.7.